The molecule has 2 N–H and O–H groups in total. The van der Waals surface area contributed by atoms with Crippen LogP contribution in [-0.4, -0.2) is 12.4 Å². The second-order valence-electron chi connectivity index (χ2n) is 6.39. The zero-order chi connectivity index (χ0) is 19.2. The summed E-state index contributed by atoms with van der Waals surface area (Å²) >= 11 is 0. The molecule has 0 amide bonds. The Bertz CT molecular complexity index is 624. The minimum atomic E-state index is 0.490. The van der Waals surface area contributed by atoms with Crippen molar-refractivity contribution in [1.82, 2.24) is 0 Å². The molecule has 0 aliphatic carbocycles. The summed E-state index contributed by atoms with van der Waals surface area (Å²) in [4.78, 5) is 4.36. The molecular weight excluding hydrogens is 320 g/mol. The number of ether oxygens (including phenoxy) is 1. The van der Waals surface area contributed by atoms with Gasteiger partial charge in [0.1, 0.15) is 11.6 Å². The minimum Gasteiger partial charge on any atom is -0.494 e. The maximum atomic E-state index is 6.01. The van der Waals surface area contributed by atoms with Crippen LogP contribution in [0.3, 0.4) is 0 Å². The zero-order valence-electron chi connectivity index (χ0n) is 16.6. The number of hydrogen-bond acceptors (Lipinski definition) is 2. The molecule has 0 unspecified atom stereocenters. The number of nitrogens with zero attached hydrogens (tertiary/aromatic N) is 1. The Kier molecular flexibility index (Phi) is 10.9. The molecule has 0 aliphatic rings. The number of nitrogens with two attached hydrogens (primary N) is 1. The predicted octanol–water partition coefficient (Wildman–Crippen LogP) is 6.28. The van der Waals surface area contributed by atoms with Gasteiger partial charge in [-0.1, -0.05) is 70.4 Å². The van der Waals surface area contributed by atoms with Crippen molar-refractivity contribution in [3.8, 4) is 5.75 Å². The van der Waals surface area contributed by atoms with Gasteiger partial charge in [0.05, 0.1) is 6.61 Å². The van der Waals surface area contributed by atoms with E-state index in [1.54, 1.807) is 12.3 Å². The van der Waals surface area contributed by atoms with Crippen LogP contribution in [0.15, 0.2) is 59.8 Å². The summed E-state index contributed by atoms with van der Waals surface area (Å²) in [7, 11) is 0. The predicted molar refractivity (Wildman–Crippen MR) is 115 cm³/mol. The largest absolute Gasteiger partial charge is 0.494 e. The third kappa shape index (κ3) is 8.19. The lowest BCUT2D eigenvalue weighted by Gasteiger charge is -2.07. The molecule has 142 valence electrons. The Hall–Kier alpha value is -2.29. The Labute approximate surface area is 159 Å². The highest BCUT2D eigenvalue weighted by atomic mass is 16.5. The summed E-state index contributed by atoms with van der Waals surface area (Å²) in [6, 6.07) is 8.14. The normalized spacial score (nSPS) is 13.0. The maximum Gasteiger partial charge on any atom is 0.130 e. The van der Waals surface area contributed by atoms with Crippen LogP contribution in [0.4, 0.5) is 0 Å². The highest BCUT2D eigenvalue weighted by Crippen LogP contribution is 2.19. The summed E-state index contributed by atoms with van der Waals surface area (Å²) < 4.78 is 5.81. The lowest BCUT2D eigenvalue weighted by Crippen LogP contribution is -2.12. The number of allylic oxidation sites excluding steroid dienone is 2. The van der Waals surface area contributed by atoms with E-state index in [9.17, 15) is 0 Å². The molecular formula is C23H34N2O. The van der Waals surface area contributed by atoms with Crippen molar-refractivity contribution in [3.63, 3.8) is 0 Å². The van der Waals surface area contributed by atoms with Crippen molar-refractivity contribution < 1.29 is 4.74 Å². The molecule has 0 aliphatic heterocycles. The molecule has 0 heterocycles. The van der Waals surface area contributed by atoms with Gasteiger partial charge in [-0.2, -0.15) is 0 Å². The van der Waals surface area contributed by atoms with Gasteiger partial charge in [-0.15, -0.1) is 0 Å². The monoisotopic (exact) mass is 354 g/mol. The molecule has 0 fully saturated rings. The van der Waals surface area contributed by atoms with Gasteiger partial charge in [-0.05, 0) is 43.0 Å². The second kappa shape index (κ2) is 13.0. The number of unbranched alkanes of at least 4 members (excludes halogenated alkanes) is 4. The number of aliphatic imine (C=N–C) groups is 1. The van der Waals surface area contributed by atoms with E-state index in [2.05, 4.69) is 37.6 Å². The quantitative estimate of drug-likeness (QED) is 0.208. The van der Waals surface area contributed by atoms with Crippen LogP contribution in [-0.2, 0) is 0 Å². The van der Waals surface area contributed by atoms with Crippen molar-refractivity contribution in [2.24, 2.45) is 10.7 Å². The van der Waals surface area contributed by atoms with Gasteiger partial charge in [-0.25, -0.2) is 4.99 Å². The Morgan fingerprint density at radius 1 is 1.12 bits per heavy atom. The average Bonchev–Trinajstić information content (AvgIpc) is 2.67. The molecule has 26 heavy (non-hydrogen) atoms. The topological polar surface area (TPSA) is 47.6 Å². The molecule has 1 aromatic rings. The van der Waals surface area contributed by atoms with E-state index < -0.39 is 0 Å². The van der Waals surface area contributed by atoms with Crippen LogP contribution in [0.2, 0.25) is 0 Å². The standard InChI is InChI=1S/C23H34N2O/c1-5-8-9-10-11-17-26-22-15-13-21(14-16-22)19(4)18-25-23(24)20(7-3)12-6-2/h7,12-16,18H,3,5-6,8-11,17H2,1-2,4H3,(H2,24,25)/b19-18+,20-12+. The van der Waals surface area contributed by atoms with Crippen molar-refractivity contribution in [2.45, 2.75) is 59.3 Å². The molecule has 1 rings (SSSR count). The average molecular weight is 355 g/mol. The second-order valence-corrected chi connectivity index (χ2v) is 6.39. The smallest absolute Gasteiger partial charge is 0.130 e. The van der Waals surface area contributed by atoms with Crippen molar-refractivity contribution in [3.05, 3.63) is 60.3 Å². The van der Waals surface area contributed by atoms with Crippen molar-refractivity contribution in [2.75, 3.05) is 6.61 Å². The Balaban J connectivity index is 2.58. The van der Waals surface area contributed by atoms with Crippen LogP contribution in [0.1, 0.15) is 64.9 Å². The fraction of sp³-hybridized carbons (Fsp3) is 0.435. The van der Waals surface area contributed by atoms with E-state index in [4.69, 9.17) is 10.5 Å². The zero-order valence-corrected chi connectivity index (χ0v) is 16.6. The van der Waals surface area contributed by atoms with E-state index in [1.165, 1.54) is 25.7 Å². The first kappa shape index (κ1) is 21.8. The summed E-state index contributed by atoms with van der Waals surface area (Å²) in [5, 5.41) is 0. The number of amidine groups is 1. The van der Waals surface area contributed by atoms with E-state index in [1.807, 2.05) is 25.1 Å². The summed E-state index contributed by atoms with van der Waals surface area (Å²) in [6.45, 7) is 10.9. The number of benzene rings is 1. The lowest BCUT2D eigenvalue weighted by atomic mass is 10.1. The third-order valence-corrected chi connectivity index (χ3v) is 4.16. The molecule has 3 nitrogen and oxygen atoms in total. The highest BCUT2D eigenvalue weighted by Gasteiger charge is 2.00. The minimum absolute atomic E-state index is 0.490. The molecule has 0 atom stereocenters. The molecule has 0 spiro atoms. The van der Waals surface area contributed by atoms with Crippen LogP contribution in [0.25, 0.3) is 5.57 Å². The summed E-state index contributed by atoms with van der Waals surface area (Å²) in [5.41, 5.74) is 9.05. The Morgan fingerprint density at radius 3 is 2.42 bits per heavy atom. The van der Waals surface area contributed by atoms with E-state index in [0.29, 0.717) is 5.84 Å². The molecule has 0 saturated heterocycles. The van der Waals surface area contributed by atoms with Gasteiger partial charge in [0.2, 0.25) is 0 Å². The third-order valence-electron chi connectivity index (χ3n) is 4.16. The molecule has 0 aromatic heterocycles. The molecule has 0 bridgehead atoms. The van der Waals surface area contributed by atoms with Crippen molar-refractivity contribution >= 4 is 11.4 Å². The van der Waals surface area contributed by atoms with Gasteiger partial charge < -0.3 is 10.5 Å². The molecule has 3 heteroatoms. The first-order valence-corrected chi connectivity index (χ1v) is 9.68. The lowest BCUT2D eigenvalue weighted by molar-refractivity contribution is 0.304. The van der Waals surface area contributed by atoms with Crippen LogP contribution >= 0.6 is 0 Å². The first-order valence-electron chi connectivity index (χ1n) is 9.68. The van der Waals surface area contributed by atoms with Gasteiger partial charge in [0, 0.05) is 11.8 Å². The number of hydrogen-bond donors (Lipinski definition) is 1. The fourth-order valence-electron chi connectivity index (χ4n) is 2.54. The van der Waals surface area contributed by atoms with Crippen LogP contribution in [0, 0.1) is 0 Å². The summed E-state index contributed by atoms with van der Waals surface area (Å²) in [6.07, 6.45) is 12.7. The van der Waals surface area contributed by atoms with Crippen molar-refractivity contribution in [1.29, 1.82) is 0 Å². The van der Waals surface area contributed by atoms with Gasteiger partial charge in [0.15, 0.2) is 0 Å². The van der Waals surface area contributed by atoms with Crippen LogP contribution < -0.4 is 10.5 Å². The summed E-state index contributed by atoms with van der Waals surface area (Å²) in [5.74, 6) is 1.41. The van der Waals surface area contributed by atoms with E-state index in [-0.39, 0.29) is 0 Å². The number of rotatable bonds is 12. The SMILES string of the molecule is C=CC(=C\CC)/C(N)=N/C=C(\C)c1ccc(OCCCCCCC)cc1. The fourth-order valence-corrected chi connectivity index (χ4v) is 2.54. The highest BCUT2D eigenvalue weighted by molar-refractivity contribution is 6.00. The molecule has 0 saturated carbocycles. The Morgan fingerprint density at radius 2 is 1.81 bits per heavy atom. The van der Waals surface area contributed by atoms with E-state index in [0.717, 1.165) is 41.9 Å². The van der Waals surface area contributed by atoms with Crippen LogP contribution in [0.5, 0.6) is 5.75 Å². The molecule has 0 radical (unpaired) electrons. The van der Waals surface area contributed by atoms with Gasteiger partial charge >= 0.3 is 0 Å². The molecule has 1 aromatic carbocycles. The first-order chi connectivity index (χ1) is 12.6. The van der Waals surface area contributed by atoms with E-state index >= 15 is 0 Å². The maximum absolute atomic E-state index is 6.01. The van der Waals surface area contributed by atoms with Gasteiger partial charge in [0.25, 0.3) is 0 Å². The van der Waals surface area contributed by atoms with Gasteiger partial charge in [-0.3, -0.25) is 0 Å².